The topological polar surface area (TPSA) is 185 Å². The first-order chi connectivity index (χ1) is 26.2. The van der Waals surface area contributed by atoms with E-state index in [1.54, 1.807) is 83.1 Å². The fraction of sp³-hybridized carbons (Fsp3) is 0.738. The summed E-state index contributed by atoms with van der Waals surface area (Å²) in [4.78, 5) is 67.8. The summed E-state index contributed by atoms with van der Waals surface area (Å²) in [6, 6.07) is 9.19. The second-order valence-electron chi connectivity index (χ2n) is 18.3. The summed E-state index contributed by atoms with van der Waals surface area (Å²) in [6.07, 6.45) is 0.407. The lowest BCUT2D eigenvalue weighted by molar-refractivity contribution is -0.152. The molecule has 0 radical (unpaired) electrons. The molecule has 4 N–H and O–H groups in total. The average Bonchev–Trinajstić information content (AvgIpc) is 3.03. The maximum absolute atomic E-state index is 13.9. The van der Waals surface area contributed by atoms with Crippen molar-refractivity contribution in [2.45, 2.75) is 156 Å². The molecule has 0 aliphatic heterocycles. The van der Waals surface area contributed by atoms with E-state index in [2.05, 4.69) is 20.9 Å². The number of hydrogen-bond donors (Lipinski definition) is 4. The van der Waals surface area contributed by atoms with Crippen LogP contribution in [-0.2, 0) is 30.2 Å². The number of carbonyl (C=O) groups is 5. The van der Waals surface area contributed by atoms with E-state index < -0.39 is 58.3 Å². The maximum atomic E-state index is 13.9. The molecule has 15 heteroatoms. The number of amides is 4. The molecule has 15 nitrogen and oxygen atoms in total. The van der Waals surface area contributed by atoms with Gasteiger partial charge in [0.25, 0.3) is 0 Å². The molecule has 0 saturated carbocycles. The minimum absolute atomic E-state index is 0.00522. The van der Waals surface area contributed by atoms with Crippen molar-refractivity contribution in [1.82, 2.24) is 25.8 Å². The zero-order chi connectivity index (χ0) is 43.5. The molecule has 0 aromatic heterocycles. The van der Waals surface area contributed by atoms with Gasteiger partial charge in [0, 0.05) is 32.6 Å². The van der Waals surface area contributed by atoms with Crippen molar-refractivity contribution in [3.63, 3.8) is 0 Å². The van der Waals surface area contributed by atoms with Crippen LogP contribution in [0.4, 0.5) is 19.2 Å². The van der Waals surface area contributed by atoms with Gasteiger partial charge in [0.15, 0.2) is 0 Å². The van der Waals surface area contributed by atoms with Crippen LogP contribution in [0.15, 0.2) is 30.3 Å². The minimum Gasteiger partial charge on any atom is -0.479 e. The Morgan fingerprint density at radius 3 is 1.32 bits per heavy atom. The second kappa shape index (κ2) is 23.2. The van der Waals surface area contributed by atoms with Gasteiger partial charge >= 0.3 is 30.3 Å². The lowest BCUT2D eigenvalue weighted by atomic mass is 9.83. The van der Waals surface area contributed by atoms with E-state index in [0.717, 1.165) is 5.56 Å². The molecule has 1 rings (SSSR count). The predicted molar refractivity (Wildman–Crippen MR) is 220 cm³/mol. The number of ether oxygens (including phenoxy) is 4. The monoisotopic (exact) mass is 808 g/mol. The van der Waals surface area contributed by atoms with Crippen molar-refractivity contribution in [2.75, 3.05) is 45.8 Å². The van der Waals surface area contributed by atoms with Gasteiger partial charge < -0.3 is 44.9 Å². The number of nitrogens with zero attached hydrogens (tertiary/aromatic N) is 2. The third kappa shape index (κ3) is 23.5. The van der Waals surface area contributed by atoms with Gasteiger partial charge in [0.1, 0.15) is 27.9 Å². The molecule has 326 valence electrons. The Kier molecular flexibility index (Phi) is 20.7. The Hall–Kier alpha value is -4.27. The summed E-state index contributed by atoms with van der Waals surface area (Å²) in [5.74, 6) is -1.16. The quantitative estimate of drug-likeness (QED) is 0.0712. The largest absolute Gasteiger partial charge is 0.479 e. The van der Waals surface area contributed by atoms with Crippen LogP contribution in [0.2, 0.25) is 0 Å². The SMILES string of the molecule is CC(C)(C)OC(=O)NCCCN(CCCC[C@@](Cc1ccccc1)(C(=O)O)N(CCCNC(=O)OC(C)(C)C)C(=O)OC(C)(C)C)CCCNC(=O)OC(C)(C)C. The first-order valence-electron chi connectivity index (χ1n) is 20.1. The van der Waals surface area contributed by atoms with Crippen molar-refractivity contribution >= 4 is 30.3 Å². The van der Waals surface area contributed by atoms with Gasteiger partial charge in [-0.2, -0.15) is 0 Å². The Morgan fingerprint density at radius 1 is 0.544 bits per heavy atom. The average molecular weight is 808 g/mol. The van der Waals surface area contributed by atoms with E-state index in [1.165, 1.54) is 4.90 Å². The lowest BCUT2D eigenvalue weighted by Crippen LogP contribution is -2.60. The molecule has 0 unspecified atom stereocenters. The number of rotatable bonds is 21. The van der Waals surface area contributed by atoms with Crippen molar-refractivity contribution < 1.29 is 48.0 Å². The highest BCUT2D eigenvalue weighted by Crippen LogP contribution is 2.31. The molecule has 57 heavy (non-hydrogen) atoms. The first kappa shape index (κ1) is 50.7. The molecule has 0 bridgehead atoms. The Balaban J connectivity index is 3.24. The molecule has 0 spiro atoms. The van der Waals surface area contributed by atoms with E-state index in [4.69, 9.17) is 18.9 Å². The summed E-state index contributed by atoms with van der Waals surface area (Å²) < 4.78 is 21.8. The number of benzene rings is 1. The molecule has 1 aromatic carbocycles. The molecule has 0 aliphatic carbocycles. The normalized spacial score (nSPS) is 13.2. The van der Waals surface area contributed by atoms with Crippen LogP contribution in [0.3, 0.4) is 0 Å². The second-order valence-corrected chi connectivity index (χ2v) is 18.3. The predicted octanol–water partition coefficient (Wildman–Crippen LogP) is 7.51. The van der Waals surface area contributed by atoms with Crippen LogP contribution >= 0.6 is 0 Å². The highest BCUT2D eigenvalue weighted by Gasteiger charge is 2.47. The molecule has 4 amide bonds. The van der Waals surface area contributed by atoms with E-state index in [1.807, 2.05) is 30.3 Å². The van der Waals surface area contributed by atoms with Crippen LogP contribution in [0.1, 0.15) is 127 Å². The minimum atomic E-state index is -1.67. The van der Waals surface area contributed by atoms with Crippen LogP contribution in [-0.4, -0.2) is 119 Å². The van der Waals surface area contributed by atoms with Crippen LogP contribution < -0.4 is 16.0 Å². The van der Waals surface area contributed by atoms with E-state index >= 15 is 0 Å². The highest BCUT2D eigenvalue weighted by atomic mass is 16.6. The molecular formula is C42H73N5O10. The van der Waals surface area contributed by atoms with Crippen LogP contribution in [0.5, 0.6) is 0 Å². The Morgan fingerprint density at radius 2 is 0.930 bits per heavy atom. The first-order valence-corrected chi connectivity index (χ1v) is 20.1. The zero-order valence-electron chi connectivity index (χ0n) is 36.8. The molecule has 1 aromatic rings. The summed E-state index contributed by atoms with van der Waals surface area (Å²) in [6.45, 7) is 24.1. The van der Waals surface area contributed by atoms with Crippen molar-refractivity contribution in [2.24, 2.45) is 0 Å². The lowest BCUT2D eigenvalue weighted by Gasteiger charge is -2.41. The number of alkyl carbamates (subject to hydrolysis) is 3. The number of carboxylic acids is 1. The van der Waals surface area contributed by atoms with Gasteiger partial charge in [-0.3, -0.25) is 4.90 Å². The summed E-state index contributed by atoms with van der Waals surface area (Å²) in [5, 5.41) is 19.3. The standard InChI is InChI=1S/C42H73N5O10/c1-38(2,3)54-34(50)43-24-18-28-46(29-19-25-44-35(51)55-39(4,5)6)27-17-16-23-42(33(48)49,31-32-21-14-13-15-22-32)47(37(53)57-41(10,11)12)30-20-26-45-36(52)56-40(7,8)9/h13-15,21-22H,16-20,23-31H2,1-12H3,(H,43,50)(H,44,51)(H,45,52)(H,48,49)/t42-/m1/s1. The highest BCUT2D eigenvalue weighted by molar-refractivity contribution is 5.85. The molecular weight excluding hydrogens is 734 g/mol. The molecule has 0 saturated heterocycles. The molecule has 0 fully saturated rings. The molecule has 1 atom stereocenters. The number of aliphatic carboxylic acids is 1. The van der Waals surface area contributed by atoms with Crippen molar-refractivity contribution in [3.05, 3.63) is 35.9 Å². The smallest absolute Gasteiger partial charge is 0.411 e. The number of carboxylic acid groups (broad SMARTS) is 1. The number of unbranched alkanes of at least 4 members (excludes halogenated alkanes) is 1. The maximum Gasteiger partial charge on any atom is 0.411 e. The van der Waals surface area contributed by atoms with E-state index in [9.17, 15) is 29.1 Å². The van der Waals surface area contributed by atoms with Gasteiger partial charge in [-0.05, 0) is 147 Å². The van der Waals surface area contributed by atoms with Crippen molar-refractivity contribution in [1.29, 1.82) is 0 Å². The molecule has 0 heterocycles. The molecule has 0 aliphatic rings. The summed E-state index contributed by atoms with van der Waals surface area (Å²) in [7, 11) is 0. The van der Waals surface area contributed by atoms with E-state index in [0.29, 0.717) is 58.4 Å². The Labute approximate surface area is 341 Å². The zero-order valence-corrected chi connectivity index (χ0v) is 36.8. The fourth-order valence-corrected chi connectivity index (χ4v) is 5.79. The Bertz CT molecular complexity index is 1360. The van der Waals surface area contributed by atoms with Crippen LogP contribution in [0, 0.1) is 0 Å². The summed E-state index contributed by atoms with van der Waals surface area (Å²) >= 11 is 0. The van der Waals surface area contributed by atoms with Crippen LogP contribution in [0.25, 0.3) is 0 Å². The van der Waals surface area contributed by atoms with Crippen molar-refractivity contribution in [3.8, 4) is 0 Å². The van der Waals surface area contributed by atoms with E-state index in [-0.39, 0.29) is 32.4 Å². The van der Waals surface area contributed by atoms with Gasteiger partial charge in [-0.15, -0.1) is 0 Å². The van der Waals surface area contributed by atoms with Gasteiger partial charge in [0.2, 0.25) is 0 Å². The number of nitrogens with one attached hydrogen (secondary N) is 3. The number of carbonyl (C=O) groups excluding carboxylic acids is 4. The fourth-order valence-electron chi connectivity index (χ4n) is 5.79. The number of hydrogen-bond acceptors (Lipinski definition) is 10. The summed E-state index contributed by atoms with van der Waals surface area (Å²) in [5.41, 5.74) is -3.73. The third-order valence-corrected chi connectivity index (χ3v) is 8.05. The van der Waals surface area contributed by atoms with Gasteiger partial charge in [0.05, 0.1) is 0 Å². The third-order valence-electron chi connectivity index (χ3n) is 8.05. The van der Waals surface area contributed by atoms with Gasteiger partial charge in [-0.1, -0.05) is 30.3 Å². The van der Waals surface area contributed by atoms with Gasteiger partial charge in [-0.25, -0.2) is 24.0 Å².